The van der Waals surface area contributed by atoms with Crippen molar-refractivity contribution in [2.45, 2.75) is 19.4 Å². The van der Waals surface area contributed by atoms with E-state index in [0.717, 1.165) is 11.1 Å². The first-order chi connectivity index (χ1) is 14.6. The highest BCUT2D eigenvalue weighted by atomic mass is 16.5. The zero-order valence-electron chi connectivity index (χ0n) is 17.7. The van der Waals surface area contributed by atoms with Gasteiger partial charge in [-0.1, -0.05) is 43.3 Å². The highest BCUT2D eigenvalue weighted by molar-refractivity contribution is 6.01. The number of benzene rings is 3. The van der Waals surface area contributed by atoms with Gasteiger partial charge < -0.3 is 18.9 Å². The fourth-order valence-electron chi connectivity index (χ4n) is 3.26. The number of carbonyl (C=O) groups is 1. The summed E-state index contributed by atoms with van der Waals surface area (Å²) in [7, 11) is 4.70. The molecule has 5 nitrogen and oxygen atoms in total. The van der Waals surface area contributed by atoms with Gasteiger partial charge in [-0.2, -0.15) is 0 Å². The molecular weight excluding hydrogens is 380 g/mol. The maximum absolute atomic E-state index is 13.1. The van der Waals surface area contributed by atoms with E-state index >= 15 is 0 Å². The molecule has 3 aromatic carbocycles. The summed E-state index contributed by atoms with van der Waals surface area (Å²) in [5.74, 6) is 1.96. The van der Waals surface area contributed by atoms with E-state index in [4.69, 9.17) is 18.9 Å². The Bertz CT molecular complexity index is 998. The molecule has 30 heavy (non-hydrogen) atoms. The Labute approximate surface area is 177 Å². The molecule has 0 radical (unpaired) electrons. The van der Waals surface area contributed by atoms with Crippen LogP contribution in [0.4, 0.5) is 0 Å². The van der Waals surface area contributed by atoms with E-state index in [1.165, 1.54) is 0 Å². The lowest BCUT2D eigenvalue weighted by Crippen LogP contribution is -2.11. The first-order valence-electron chi connectivity index (χ1n) is 9.68. The summed E-state index contributed by atoms with van der Waals surface area (Å²) in [5, 5.41) is 0. The van der Waals surface area contributed by atoms with Gasteiger partial charge in [-0.15, -0.1) is 0 Å². The van der Waals surface area contributed by atoms with Crippen LogP contribution in [0.15, 0.2) is 66.7 Å². The number of hydrogen-bond acceptors (Lipinski definition) is 5. The van der Waals surface area contributed by atoms with Crippen LogP contribution in [0.2, 0.25) is 0 Å². The smallest absolute Gasteiger partial charge is 0.170 e. The summed E-state index contributed by atoms with van der Waals surface area (Å²) >= 11 is 0. The van der Waals surface area contributed by atoms with Crippen molar-refractivity contribution in [3.05, 3.63) is 83.4 Å². The first-order valence-corrected chi connectivity index (χ1v) is 9.68. The number of carbonyl (C=O) groups excluding carboxylic acids is 1. The van der Waals surface area contributed by atoms with E-state index in [-0.39, 0.29) is 5.78 Å². The van der Waals surface area contributed by atoms with Gasteiger partial charge in [0.1, 0.15) is 18.1 Å². The summed E-state index contributed by atoms with van der Waals surface area (Å²) in [6.45, 7) is 2.32. The number of rotatable bonds is 9. The molecule has 0 aliphatic rings. The Morgan fingerprint density at radius 1 is 0.800 bits per heavy atom. The van der Waals surface area contributed by atoms with Crippen LogP contribution in [0.25, 0.3) is 0 Å². The van der Waals surface area contributed by atoms with Crippen LogP contribution in [-0.4, -0.2) is 27.1 Å². The molecule has 3 aromatic rings. The number of hydrogen-bond donors (Lipinski definition) is 0. The zero-order chi connectivity index (χ0) is 21.5. The fourth-order valence-corrected chi connectivity index (χ4v) is 3.26. The molecule has 0 aromatic heterocycles. The Kier molecular flexibility index (Phi) is 6.96. The van der Waals surface area contributed by atoms with Crippen LogP contribution in [0, 0.1) is 0 Å². The highest BCUT2D eigenvalue weighted by Gasteiger charge is 2.22. The van der Waals surface area contributed by atoms with Gasteiger partial charge in [-0.3, -0.25) is 4.79 Å². The van der Waals surface area contributed by atoms with Crippen molar-refractivity contribution in [3.63, 3.8) is 0 Å². The minimum atomic E-state index is -0.402. The third-order valence-electron chi connectivity index (χ3n) is 4.98. The van der Waals surface area contributed by atoms with Crippen molar-refractivity contribution >= 4 is 5.78 Å². The molecule has 0 aliphatic carbocycles. The predicted molar refractivity (Wildman–Crippen MR) is 116 cm³/mol. The summed E-state index contributed by atoms with van der Waals surface area (Å²) in [5.41, 5.74) is 2.42. The lowest BCUT2D eigenvalue weighted by molar-refractivity contribution is 0.0964. The molecule has 1 atom stereocenters. The van der Waals surface area contributed by atoms with Crippen LogP contribution in [-0.2, 0) is 6.61 Å². The molecule has 3 rings (SSSR count). The Hall–Kier alpha value is -3.47. The molecule has 0 fully saturated rings. The average molecular weight is 406 g/mol. The quantitative estimate of drug-likeness (QED) is 0.453. The second kappa shape index (κ2) is 9.83. The molecule has 5 heteroatoms. The number of methoxy groups -OCH3 is 3. The standard InChI is InChI=1S/C25H26O5/c1-17(25(26)19-10-13-22(27-2)24(14-19)29-4)21-12-11-20(15-23(21)28-3)30-16-18-8-6-5-7-9-18/h5-15,17H,16H2,1-4H3. The molecule has 0 bridgehead atoms. The molecular formula is C25H26O5. The van der Waals surface area contributed by atoms with Crippen molar-refractivity contribution in [1.29, 1.82) is 0 Å². The van der Waals surface area contributed by atoms with E-state index in [0.29, 0.717) is 35.2 Å². The van der Waals surface area contributed by atoms with Crippen LogP contribution >= 0.6 is 0 Å². The second-order valence-electron chi connectivity index (χ2n) is 6.83. The maximum atomic E-state index is 13.1. The number of ketones is 1. The summed E-state index contributed by atoms with van der Waals surface area (Å²) in [6, 6.07) is 20.7. The number of ether oxygens (including phenoxy) is 4. The molecule has 1 unspecified atom stereocenters. The van der Waals surface area contributed by atoms with Gasteiger partial charge in [0.15, 0.2) is 17.3 Å². The highest BCUT2D eigenvalue weighted by Crippen LogP contribution is 2.34. The lowest BCUT2D eigenvalue weighted by atomic mass is 9.91. The minimum absolute atomic E-state index is 0.0350. The lowest BCUT2D eigenvalue weighted by Gasteiger charge is -2.17. The monoisotopic (exact) mass is 406 g/mol. The van der Waals surface area contributed by atoms with Crippen molar-refractivity contribution in [2.24, 2.45) is 0 Å². The van der Waals surface area contributed by atoms with E-state index < -0.39 is 5.92 Å². The van der Waals surface area contributed by atoms with Crippen LogP contribution in [0.3, 0.4) is 0 Å². The number of Topliss-reactive ketones (excluding diaryl/α,β-unsaturated/α-hetero) is 1. The SMILES string of the molecule is COc1ccc(C(=O)C(C)c2ccc(OCc3ccccc3)cc2OC)cc1OC. The van der Waals surface area contributed by atoms with Gasteiger partial charge in [0.2, 0.25) is 0 Å². The average Bonchev–Trinajstić information content (AvgIpc) is 2.81. The van der Waals surface area contributed by atoms with Gasteiger partial charge in [-0.05, 0) is 29.8 Å². The largest absolute Gasteiger partial charge is 0.496 e. The van der Waals surface area contributed by atoms with E-state index in [1.54, 1.807) is 39.5 Å². The van der Waals surface area contributed by atoms with Gasteiger partial charge in [-0.25, -0.2) is 0 Å². The van der Waals surface area contributed by atoms with Crippen LogP contribution in [0.5, 0.6) is 23.0 Å². The van der Waals surface area contributed by atoms with Gasteiger partial charge in [0.05, 0.1) is 21.3 Å². The topological polar surface area (TPSA) is 54.0 Å². The fraction of sp³-hybridized carbons (Fsp3) is 0.240. The Balaban J connectivity index is 1.79. The first kappa shape index (κ1) is 21.2. The molecule has 0 saturated heterocycles. The third-order valence-corrected chi connectivity index (χ3v) is 4.98. The van der Waals surface area contributed by atoms with Crippen molar-refractivity contribution in [3.8, 4) is 23.0 Å². The third kappa shape index (κ3) is 4.74. The summed E-state index contributed by atoms with van der Waals surface area (Å²) in [6.07, 6.45) is 0. The van der Waals surface area contributed by atoms with Gasteiger partial charge >= 0.3 is 0 Å². The Morgan fingerprint density at radius 3 is 2.17 bits per heavy atom. The second-order valence-corrected chi connectivity index (χ2v) is 6.83. The van der Waals surface area contributed by atoms with E-state index in [9.17, 15) is 4.79 Å². The molecule has 0 amide bonds. The predicted octanol–water partition coefficient (Wildman–Crippen LogP) is 5.28. The van der Waals surface area contributed by atoms with Crippen molar-refractivity contribution in [2.75, 3.05) is 21.3 Å². The minimum Gasteiger partial charge on any atom is -0.496 e. The zero-order valence-corrected chi connectivity index (χ0v) is 17.7. The van der Waals surface area contributed by atoms with Gasteiger partial charge in [0.25, 0.3) is 0 Å². The molecule has 0 spiro atoms. The van der Waals surface area contributed by atoms with Crippen LogP contribution in [0.1, 0.15) is 34.3 Å². The molecule has 156 valence electrons. The molecule has 0 aliphatic heterocycles. The normalized spacial score (nSPS) is 11.5. The molecule has 0 N–H and O–H groups in total. The molecule has 0 saturated carbocycles. The molecule has 0 heterocycles. The Morgan fingerprint density at radius 2 is 1.50 bits per heavy atom. The van der Waals surface area contributed by atoms with E-state index in [2.05, 4.69) is 0 Å². The van der Waals surface area contributed by atoms with Gasteiger partial charge in [0, 0.05) is 23.1 Å². The van der Waals surface area contributed by atoms with Crippen molar-refractivity contribution in [1.82, 2.24) is 0 Å². The summed E-state index contributed by atoms with van der Waals surface area (Å²) < 4.78 is 22.0. The van der Waals surface area contributed by atoms with Crippen molar-refractivity contribution < 1.29 is 23.7 Å². The van der Waals surface area contributed by atoms with Crippen LogP contribution < -0.4 is 18.9 Å². The maximum Gasteiger partial charge on any atom is 0.170 e. The summed E-state index contributed by atoms with van der Waals surface area (Å²) in [4.78, 5) is 13.1. The van der Waals surface area contributed by atoms with E-state index in [1.807, 2.05) is 55.5 Å².